The number of benzene rings is 1. The molecular weight excluding hydrogens is 250 g/mol. The molecular formula is C13H17NO3S. The first-order valence-electron chi connectivity index (χ1n) is 5.86. The summed E-state index contributed by atoms with van der Waals surface area (Å²) < 4.78 is 28.2. The van der Waals surface area contributed by atoms with Crippen LogP contribution in [0.3, 0.4) is 0 Å². The maximum atomic E-state index is 11.4. The Morgan fingerprint density at radius 2 is 1.89 bits per heavy atom. The van der Waals surface area contributed by atoms with Crippen LogP contribution < -0.4 is 4.74 Å². The van der Waals surface area contributed by atoms with Crippen molar-refractivity contribution in [3.05, 3.63) is 29.8 Å². The lowest BCUT2D eigenvalue weighted by molar-refractivity contribution is 0.341. The molecule has 0 aliphatic heterocycles. The number of sulfone groups is 1. The second kappa shape index (κ2) is 7.02. The lowest BCUT2D eigenvalue weighted by Gasteiger charge is -2.07. The Labute approximate surface area is 108 Å². The number of hydrogen-bond acceptors (Lipinski definition) is 4. The molecule has 1 aromatic rings. The molecule has 0 N–H and O–H groups in total. The topological polar surface area (TPSA) is 67.2 Å². The van der Waals surface area contributed by atoms with E-state index in [9.17, 15) is 8.42 Å². The van der Waals surface area contributed by atoms with Crippen LogP contribution in [0.25, 0.3) is 0 Å². The highest BCUT2D eigenvalue weighted by Gasteiger charge is 2.09. The summed E-state index contributed by atoms with van der Waals surface area (Å²) in [5, 5.41) is 8.52. The second-order valence-electron chi connectivity index (χ2n) is 3.98. The standard InChI is InChI=1S/C13H17NO3S/c1-2-10-18(15,16)11-9-17-13-5-3-12(4-6-13)7-8-14/h3-6H,2,7,9-11H2,1H3. The van der Waals surface area contributed by atoms with E-state index in [0.717, 1.165) is 5.56 Å². The van der Waals surface area contributed by atoms with Crippen LogP contribution in [0.2, 0.25) is 0 Å². The summed E-state index contributed by atoms with van der Waals surface area (Å²) in [4.78, 5) is 0. The Hall–Kier alpha value is -1.54. The fraction of sp³-hybridized carbons (Fsp3) is 0.462. The maximum Gasteiger partial charge on any atom is 0.153 e. The van der Waals surface area contributed by atoms with Gasteiger partial charge in [0, 0.05) is 0 Å². The van der Waals surface area contributed by atoms with Gasteiger partial charge in [-0.1, -0.05) is 19.1 Å². The first-order chi connectivity index (χ1) is 8.57. The lowest BCUT2D eigenvalue weighted by Crippen LogP contribution is -2.16. The zero-order valence-corrected chi connectivity index (χ0v) is 11.2. The molecule has 0 radical (unpaired) electrons. The van der Waals surface area contributed by atoms with Gasteiger partial charge in [0.15, 0.2) is 9.84 Å². The van der Waals surface area contributed by atoms with Gasteiger partial charge in [0.2, 0.25) is 0 Å². The zero-order chi connectivity index (χ0) is 13.4. The number of rotatable bonds is 7. The number of nitrogens with zero attached hydrogens (tertiary/aromatic N) is 1. The smallest absolute Gasteiger partial charge is 0.153 e. The molecule has 4 nitrogen and oxygen atoms in total. The predicted molar refractivity (Wildman–Crippen MR) is 70.2 cm³/mol. The third-order valence-corrected chi connectivity index (χ3v) is 4.20. The number of hydrogen-bond donors (Lipinski definition) is 0. The highest BCUT2D eigenvalue weighted by atomic mass is 32.2. The monoisotopic (exact) mass is 267 g/mol. The van der Waals surface area contributed by atoms with Crippen LogP contribution >= 0.6 is 0 Å². The molecule has 0 bridgehead atoms. The highest BCUT2D eigenvalue weighted by Crippen LogP contribution is 2.12. The summed E-state index contributed by atoms with van der Waals surface area (Å²) in [6.07, 6.45) is 0.996. The van der Waals surface area contributed by atoms with E-state index in [4.69, 9.17) is 10.00 Å². The molecule has 0 fully saturated rings. The van der Waals surface area contributed by atoms with E-state index in [1.54, 1.807) is 24.3 Å². The largest absolute Gasteiger partial charge is 0.493 e. The van der Waals surface area contributed by atoms with E-state index in [-0.39, 0.29) is 18.1 Å². The summed E-state index contributed by atoms with van der Waals surface area (Å²) in [5.74, 6) is 0.876. The SMILES string of the molecule is CCCS(=O)(=O)CCOc1ccc(CC#N)cc1. The number of ether oxygens (including phenoxy) is 1. The van der Waals surface area contributed by atoms with Gasteiger partial charge in [-0.25, -0.2) is 8.42 Å². The van der Waals surface area contributed by atoms with Crippen molar-refractivity contribution in [2.75, 3.05) is 18.1 Å². The molecule has 98 valence electrons. The van der Waals surface area contributed by atoms with Crippen molar-refractivity contribution in [2.45, 2.75) is 19.8 Å². The third kappa shape index (κ3) is 5.19. The molecule has 0 saturated carbocycles. The van der Waals surface area contributed by atoms with Gasteiger partial charge in [0.05, 0.1) is 24.0 Å². The molecule has 0 aliphatic rings. The molecule has 0 spiro atoms. The maximum absolute atomic E-state index is 11.4. The normalized spacial score (nSPS) is 10.9. The average molecular weight is 267 g/mol. The summed E-state index contributed by atoms with van der Waals surface area (Å²) in [6, 6.07) is 9.17. The van der Waals surface area contributed by atoms with Crippen molar-refractivity contribution < 1.29 is 13.2 Å². The molecule has 0 aliphatic carbocycles. The molecule has 1 aromatic carbocycles. The molecule has 18 heavy (non-hydrogen) atoms. The van der Waals surface area contributed by atoms with Gasteiger partial charge in [0.25, 0.3) is 0 Å². The van der Waals surface area contributed by atoms with Crippen LogP contribution in [-0.4, -0.2) is 26.5 Å². The first-order valence-corrected chi connectivity index (χ1v) is 7.68. The minimum atomic E-state index is -2.99. The van der Waals surface area contributed by atoms with E-state index in [2.05, 4.69) is 6.07 Å². The molecule has 0 amide bonds. The summed E-state index contributed by atoms with van der Waals surface area (Å²) >= 11 is 0. The molecule has 0 aromatic heterocycles. The van der Waals surface area contributed by atoms with Gasteiger partial charge in [-0.3, -0.25) is 0 Å². The van der Waals surface area contributed by atoms with Crippen LogP contribution in [0.4, 0.5) is 0 Å². The van der Waals surface area contributed by atoms with E-state index in [1.165, 1.54) is 0 Å². The first kappa shape index (κ1) is 14.5. The molecule has 1 rings (SSSR count). The molecule has 0 heterocycles. The van der Waals surface area contributed by atoms with E-state index in [0.29, 0.717) is 18.6 Å². The van der Waals surface area contributed by atoms with Crippen LogP contribution in [0.5, 0.6) is 5.75 Å². The minimum absolute atomic E-state index is 0.0424. The zero-order valence-electron chi connectivity index (χ0n) is 10.4. The van der Waals surface area contributed by atoms with Gasteiger partial charge in [-0.2, -0.15) is 5.26 Å². The molecule has 5 heteroatoms. The molecule has 0 saturated heterocycles. The van der Waals surface area contributed by atoms with Crippen molar-refractivity contribution in [2.24, 2.45) is 0 Å². The van der Waals surface area contributed by atoms with Gasteiger partial charge >= 0.3 is 0 Å². The van der Waals surface area contributed by atoms with Crippen molar-refractivity contribution in [1.82, 2.24) is 0 Å². The van der Waals surface area contributed by atoms with Crippen molar-refractivity contribution in [3.63, 3.8) is 0 Å². The fourth-order valence-corrected chi connectivity index (χ4v) is 2.66. The minimum Gasteiger partial charge on any atom is -0.493 e. The third-order valence-electron chi connectivity index (χ3n) is 2.38. The lowest BCUT2D eigenvalue weighted by atomic mass is 10.2. The van der Waals surface area contributed by atoms with Gasteiger partial charge in [0.1, 0.15) is 12.4 Å². The Morgan fingerprint density at radius 1 is 1.22 bits per heavy atom. The molecule has 0 unspecified atom stereocenters. The quantitative estimate of drug-likeness (QED) is 0.757. The van der Waals surface area contributed by atoms with Crippen molar-refractivity contribution >= 4 is 9.84 Å². The van der Waals surface area contributed by atoms with Crippen LogP contribution in [0.15, 0.2) is 24.3 Å². The Morgan fingerprint density at radius 3 is 2.44 bits per heavy atom. The van der Waals surface area contributed by atoms with Gasteiger partial charge in [-0.15, -0.1) is 0 Å². The average Bonchev–Trinajstić information content (AvgIpc) is 2.31. The van der Waals surface area contributed by atoms with Crippen LogP contribution in [0.1, 0.15) is 18.9 Å². The fourth-order valence-electron chi connectivity index (χ4n) is 1.49. The van der Waals surface area contributed by atoms with Gasteiger partial charge < -0.3 is 4.74 Å². The van der Waals surface area contributed by atoms with Crippen LogP contribution in [-0.2, 0) is 16.3 Å². The number of nitriles is 1. The predicted octanol–water partition coefficient (Wildman–Crippen LogP) is 1.96. The second-order valence-corrected chi connectivity index (χ2v) is 6.28. The van der Waals surface area contributed by atoms with E-state index in [1.807, 2.05) is 6.92 Å². The van der Waals surface area contributed by atoms with E-state index >= 15 is 0 Å². The summed E-state index contributed by atoms with van der Waals surface area (Å²) in [7, 11) is -2.99. The van der Waals surface area contributed by atoms with Crippen molar-refractivity contribution in [1.29, 1.82) is 5.26 Å². The van der Waals surface area contributed by atoms with E-state index < -0.39 is 9.84 Å². The summed E-state index contributed by atoms with van der Waals surface area (Å²) in [6.45, 7) is 2.01. The Bertz CT molecular complexity index is 500. The molecule has 0 atom stereocenters. The van der Waals surface area contributed by atoms with Crippen LogP contribution in [0, 0.1) is 11.3 Å². The summed E-state index contributed by atoms with van der Waals surface area (Å²) in [5.41, 5.74) is 0.920. The van der Waals surface area contributed by atoms with Crippen molar-refractivity contribution in [3.8, 4) is 11.8 Å². The highest BCUT2D eigenvalue weighted by molar-refractivity contribution is 7.91. The Balaban J connectivity index is 2.43. The van der Waals surface area contributed by atoms with Gasteiger partial charge in [-0.05, 0) is 24.1 Å². The Kier molecular flexibility index (Phi) is 5.66.